The quantitative estimate of drug-likeness (QED) is 0.626. The van der Waals surface area contributed by atoms with Gasteiger partial charge in [-0.05, 0) is 22.4 Å². The molecule has 72 valence electrons. The van der Waals surface area contributed by atoms with Gasteiger partial charge < -0.3 is 5.43 Å². The van der Waals surface area contributed by atoms with Crippen molar-refractivity contribution in [3.8, 4) is 0 Å². The Kier molecular flexibility index (Phi) is 4.11. The molecule has 0 fully saturated rings. The van der Waals surface area contributed by atoms with Crippen LogP contribution in [-0.2, 0) is 6.42 Å². The lowest BCUT2D eigenvalue weighted by Crippen LogP contribution is -2.21. The second kappa shape index (κ2) is 5.14. The van der Waals surface area contributed by atoms with E-state index in [1.165, 1.54) is 0 Å². The van der Waals surface area contributed by atoms with Gasteiger partial charge in [-0.3, -0.25) is 0 Å². The summed E-state index contributed by atoms with van der Waals surface area (Å²) in [6, 6.07) is 1.92. The van der Waals surface area contributed by atoms with Crippen LogP contribution in [0.5, 0.6) is 0 Å². The molecule has 2 N–H and O–H groups in total. The van der Waals surface area contributed by atoms with Gasteiger partial charge in [-0.2, -0.15) is 0 Å². The van der Waals surface area contributed by atoms with Crippen molar-refractivity contribution in [3.63, 3.8) is 0 Å². The molecule has 0 bridgehead atoms. The highest BCUT2D eigenvalue weighted by molar-refractivity contribution is 9.10. The van der Waals surface area contributed by atoms with Crippen LogP contribution in [0.4, 0.5) is 5.82 Å². The Morgan fingerprint density at radius 3 is 2.77 bits per heavy atom. The lowest BCUT2D eigenvalue weighted by molar-refractivity contribution is 0.828. The van der Waals surface area contributed by atoms with Gasteiger partial charge in [0.05, 0.1) is 0 Å². The van der Waals surface area contributed by atoms with E-state index in [4.69, 9.17) is 0 Å². The van der Waals surface area contributed by atoms with Crippen LogP contribution in [0.1, 0.15) is 19.5 Å². The maximum absolute atomic E-state index is 4.20. The Morgan fingerprint density at radius 1 is 1.38 bits per heavy atom. The van der Waals surface area contributed by atoms with Crippen molar-refractivity contribution in [3.05, 3.63) is 16.5 Å². The van der Waals surface area contributed by atoms with Gasteiger partial charge in [0, 0.05) is 18.3 Å². The molecule has 0 radical (unpaired) electrons. The van der Waals surface area contributed by atoms with Crippen LogP contribution in [0.25, 0.3) is 0 Å². The van der Waals surface area contributed by atoms with Crippen molar-refractivity contribution in [1.29, 1.82) is 0 Å². The maximum atomic E-state index is 4.20. The lowest BCUT2D eigenvalue weighted by Gasteiger charge is -2.06. The molecule has 4 nitrogen and oxygen atoms in total. The van der Waals surface area contributed by atoms with E-state index >= 15 is 0 Å². The molecule has 0 unspecified atom stereocenters. The Bertz CT molecular complexity index is 277. The predicted molar refractivity (Wildman–Crippen MR) is 56.4 cm³/mol. The highest BCUT2D eigenvalue weighted by atomic mass is 79.9. The fourth-order valence-corrected chi connectivity index (χ4v) is 1.31. The van der Waals surface area contributed by atoms with E-state index in [1.807, 2.05) is 13.0 Å². The first-order valence-corrected chi connectivity index (χ1v) is 5.08. The average Bonchev–Trinajstić information content (AvgIpc) is 2.14. The van der Waals surface area contributed by atoms with Gasteiger partial charge in [-0.1, -0.05) is 13.8 Å². The molecule has 0 saturated heterocycles. The highest BCUT2D eigenvalue weighted by Gasteiger charge is 1.99. The Labute approximate surface area is 86.3 Å². The van der Waals surface area contributed by atoms with E-state index in [1.54, 1.807) is 0 Å². The van der Waals surface area contributed by atoms with E-state index in [0.717, 1.165) is 24.5 Å². The summed E-state index contributed by atoms with van der Waals surface area (Å²) in [5.74, 6) is 0.792. The molecule has 0 spiro atoms. The van der Waals surface area contributed by atoms with Gasteiger partial charge >= 0.3 is 0 Å². The second-order valence-corrected chi connectivity index (χ2v) is 3.23. The molecule has 1 aromatic heterocycles. The minimum absolute atomic E-state index is 0.618. The number of hydrogen-bond donors (Lipinski definition) is 2. The number of aryl methyl sites for hydroxylation is 1. The first kappa shape index (κ1) is 10.4. The van der Waals surface area contributed by atoms with E-state index < -0.39 is 0 Å². The Hall–Kier alpha value is -0.680. The molecule has 0 atom stereocenters. The van der Waals surface area contributed by atoms with Crippen molar-refractivity contribution in [1.82, 2.24) is 15.4 Å². The van der Waals surface area contributed by atoms with Crippen molar-refractivity contribution >= 4 is 21.7 Å². The number of hydrazine groups is 1. The molecule has 1 aromatic rings. The Morgan fingerprint density at radius 2 is 2.15 bits per heavy atom. The summed E-state index contributed by atoms with van der Waals surface area (Å²) in [5.41, 5.74) is 6.98. The van der Waals surface area contributed by atoms with Crippen molar-refractivity contribution in [2.45, 2.75) is 20.3 Å². The SMILES string of the molecule is CCNNc1cc(CC)nc(Br)n1. The van der Waals surface area contributed by atoms with Gasteiger partial charge in [-0.15, -0.1) is 0 Å². The first-order valence-electron chi connectivity index (χ1n) is 4.28. The van der Waals surface area contributed by atoms with Crippen molar-refractivity contribution < 1.29 is 0 Å². The zero-order chi connectivity index (χ0) is 9.68. The standard InChI is InChI=1S/C8H13BrN4/c1-3-6-5-7(13-10-4-2)12-8(9)11-6/h5,10H,3-4H2,1-2H3,(H,11,12,13). The third-order valence-corrected chi connectivity index (χ3v) is 1.86. The molecule has 0 aromatic carbocycles. The summed E-state index contributed by atoms with van der Waals surface area (Å²) >= 11 is 3.26. The van der Waals surface area contributed by atoms with Crippen molar-refractivity contribution in [2.24, 2.45) is 0 Å². The fraction of sp³-hybridized carbons (Fsp3) is 0.500. The summed E-state index contributed by atoms with van der Waals surface area (Å²) in [6.07, 6.45) is 0.905. The molecular formula is C8H13BrN4. The number of anilines is 1. The van der Waals surface area contributed by atoms with Crippen LogP contribution in [0, 0.1) is 0 Å². The summed E-state index contributed by atoms with van der Waals surface area (Å²) in [4.78, 5) is 8.35. The summed E-state index contributed by atoms with van der Waals surface area (Å²) in [5, 5.41) is 0. The number of nitrogens with zero attached hydrogens (tertiary/aromatic N) is 2. The van der Waals surface area contributed by atoms with Crippen LogP contribution in [0.2, 0.25) is 0 Å². The molecular weight excluding hydrogens is 232 g/mol. The van der Waals surface area contributed by atoms with Gasteiger partial charge in [0.25, 0.3) is 0 Å². The molecule has 13 heavy (non-hydrogen) atoms. The normalized spacial score (nSPS) is 10.1. The number of nitrogens with one attached hydrogen (secondary N) is 2. The molecule has 0 aliphatic heterocycles. The molecule has 0 saturated carbocycles. The van der Waals surface area contributed by atoms with Crippen LogP contribution < -0.4 is 10.9 Å². The molecule has 0 amide bonds. The lowest BCUT2D eigenvalue weighted by atomic mass is 10.3. The van der Waals surface area contributed by atoms with E-state index in [-0.39, 0.29) is 0 Å². The molecule has 1 heterocycles. The molecule has 1 rings (SSSR count). The fourth-order valence-electron chi connectivity index (χ4n) is 0.889. The summed E-state index contributed by atoms with van der Waals surface area (Å²) < 4.78 is 0.618. The number of rotatable bonds is 4. The highest BCUT2D eigenvalue weighted by Crippen LogP contribution is 2.10. The van der Waals surface area contributed by atoms with Crippen molar-refractivity contribution in [2.75, 3.05) is 12.0 Å². The van der Waals surface area contributed by atoms with E-state index in [9.17, 15) is 0 Å². The topological polar surface area (TPSA) is 49.8 Å². The zero-order valence-corrected chi connectivity index (χ0v) is 9.35. The van der Waals surface area contributed by atoms with Crippen LogP contribution >= 0.6 is 15.9 Å². The summed E-state index contributed by atoms with van der Waals surface area (Å²) in [6.45, 7) is 4.93. The number of aromatic nitrogens is 2. The van der Waals surface area contributed by atoms with Crippen LogP contribution in [-0.4, -0.2) is 16.5 Å². The van der Waals surface area contributed by atoms with Gasteiger partial charge in [0.2, 0.25) is 0 Å². The maximum Gasteiger partial charge on any atom is 0.198 e. The van der Waals surface area contributed by atoms with Crippen LogP contribution in [0.3, 0.4) is 0 Å². The third kappa shape index (κ3) is 3.28. The Balaban J connectivity index is 2.76. The molecule has 5 heteroatoms. The number of hydrogen-bond acceptors (Lipinski definition) is 4. The zero-order valence-electron chi connectivity index (χ0n) is 7.76. The van der Waals surface area contributed by atoms with Gasteiger partial charge in [0.15, 0.2) is 4.73 Å². The number of halogens is 1. The van der Waals surface area contributed by atoms with E-state index in [0.29, 0.717) is 4.73 Å². The summed E-state index contributed by atoms with van der Waals surface area (Å²) in [7, 11) is 0. The van der Waals surface area contributed by atoms with Gasteiger partial charge in [0.1, 0.15) is 5.82 Å². The first-order chi connectivity index (χ1) is 6.26. The monoisotopic (exact) mass is 244 g/mol. The van der Waals surface area contributed by atoms with Crippen LogP contribution in [0.15, 0.2) is 10.8 Å². The second-order valence-electron chi connectivity index (χ2n) is 2.52. The minimum atomic E-state index is 0.618. The predicted octanol–water partition coefficient (Wildman–Crippen LogP) is 1.74. The average molecular weight is 245 g/mol. The third-order valence-electron chi connectivity index (χ3n) is 1.51. The molecule has 0 aliphatic carbocycles. The smallest absolute Gasteiger partial charge is 0.198 e. The molecule has 0 aliphatic rings. The van der Waals surface area contributed by atoms with E-state index in [2.05, 4.69) is 43.7 Å². The minimum Gasteiger partial charge on any atom is -0.306 e. The largest absolute Gasteiger partial charge is 0.306 e. The van der Waals surface area contributed by atoms with Gasteiger partial charge in [-0.25, -0.2) is 15.4 Å².